The molecule has 0 aromatic heterocycles. The molecule has 1 fully saturated rings. The van der Waals surface area contributed by atoms with Crippen molar-refractivity contribution in [2.24, 2.45) is 5.73 Å². The molecule has 1 aliphatic rings. The van der Waals surface area contributed by atoms with E-state index in [-0.39, 0.29) is 12.5 Å². The van der Waals surface area contributed by atoms with Crippen LogP contribution in [0.4, 0.5) is 4.79 Å². The molecule has 0 saturated carbocycles. The van der Waals surface area contributed by atoms with Gasteiger partial charge >= 0.3 is 6.03 Å². The molecule has 0 bridgehead atoms. The Hall–Kier alpha value is -3.15. The molecule has 134 valence electrons. The van der Waals surface area contributed by atoms with E-state index < -0.39 is 17.5 Å². The first-order chi connectivity index (χ1) is 12.5. The Kier molecular flexibility index (Phi) is 4.75. The van der Waals surface area contributed by atoms with Crippen molar-refractivity contribution >= 4 is 17.8 Å². The van der Waals surface area contributed by atoms with Crippen LogP contribution in [0.25, 0.3) is 0 Å². The van der Waals surface area contributed by atoms with Crippen molar-refractivity contribution in [2.45, 2.75) is 31.8 Å². The van der Waals surface area contributed by atoms with Crippen LogP contribution in [0.1, 0.15) is 41.3 Å². The number of carbonyl (C=O) groups excluding carboxylic acids is 3. The highest BCUT2D eigenvalue weighted by atomic mass is 16.2. The van der Waals surface area contributed by atoms with E-state index in [1.807, 2.05) is 37.3 Å². The number of imide groups is 1. The Balaban J connectivity index is 1.89. The minimum atomic E-state index is -1.03. The van der Waals surface area contributed by atoms with Gasteiger partial charge in [0.05, 0.1) is 6.54 Å². The number of nitrogens with one attached hydrogen (secondary N) is 1. The van der Waals surface area contributed by atoms with Gasteiger partial charge in [0.1, 0.15) is 5.54 Å². The maximum absolute atomic E-state index is 13.2. The molecule has 4 amide bonds. The van der Waals surface area contributed by atoms with Crippen molar-refractivity contribution in [3.05, 3.63) is 71.3 Å². The minimum Gasteiger partial charge on any atom is -0.366 e. The lowest BCUT2D eigenvalue weighted by Gasteiger charge is -2.27. The number of carbonyl (C=O) groups is 3. The van der Waals surface area contributed by atoms with E-state index in [1.54, 1.807) is 24.3 Å². The third-order valence-electron chi connectivity index (χ3n) is 4.65. The van der Waals surface area contributed by atoms with E-state index in [0.717, 1.165) is 17.5 Å². The third-order valence-corrected chi connectivity index (χ3v) is 4.65. The van der Waals surface area contributed by atoms with Crippen molar-refractivity contribution in [2.75, 3.05) is 0 Å². The lowest BCUT2D eigenvalue weighted by Crippen LogP contribution is -2.43. The maximum atomic E-state index is 13.2. The summed E-state index contributed by atoms with van der Waals surface area (Å²) in [5, 5.41) is 2.90. The molecule has 1 atom stereocenters. The zero-order valence-electron chi connectivity index (χ0n) is 14.6. The van der Waals surface area contributed by atoms with E-state index in [4.69, 9.17) is 5.73 Å². The highest BCUT2D eigenvalue weighted by Crippen LogP contribution is 2.34. The first-order valence-corrected chi connectivity index (χ1v) is 8.56. The van der Waals surface area contributed by atoms with Gasteiger partial charge in [-0.2, -0.15) is 0 Å². The molecule has 6 heteroatoms. The molecule has 1 saturated heterocycles. The van der Waals surface area contributed by atoms with Crippen LogP contribution < -0.4 is 11.1 Å². The van der Waals surface area contributed by atoms with E-state index in [1.165, 1.54) is 4.90 Å². The number of urea groups is 1. The fourth-order valence-electron chi connectivity index (χ4n) is 3.33. The summed E-state index contributed by atoms with van der Waals surface area (Å²) < 4.78 is 0. The van der Waals surface area contributed by atoms with E-state index >= 15 is 0 Å². The van der Waals surface area contributed by atoms with Crippen LogP contribution >= 0.6 is 0 Å². The van der Waals surface area contributed by atoms with Crippen molar-refractivity contribution in [1.29, 1.82) is 0 Å². The van der Waals surface area contributed by atoms with Gasteiger partial charge in [0.15, 0.2) is 0 Å². The summed E-state index contributed by atoms with van der Waals surface area (Å²) in [4.78, 5) is 38.1. The number of amides is 4. The molecule has 0 radical (unpaired) electrons. The molecule has 3 N–H and O–H groups in total. The second-order valence-electron chi connectivity index (χ2n) is 6.40. The van der Waals surface area contributed by atoms with Gasteiger partial charge in [0.25, 0.3) is 5.91 Å². The Bertz CT molecular complexity index is 833. The summed E-state index contributed by atoms with van der Waals surface area (Å²) in [6, 6.07) is 15.5. The Morgan fingerprint density at radius 2 is 1.73 bits per heavy atom. The van der Waals surface area contributed by atoms with Crippen LogP contribution in [-0.4, -0.2) is 22.7 Å². The number of hydrogen-bond acceptors (Lipinski definition) is 3. The van der Waals surface area contributed by atoms with Crippen LogP contribution in [0.2, 0.25) is 0 Å². The monoisotopic (exact) mass is 351 g/mol. The Labute approximate surface area is 152 Å². The summed E-state index contributed by atoms with van der Waals surface area (Å²) in [6.07, 6.45) is 1.28. The first-order valence-electron chi connectivity index (χ1n) is 8.56. The second kappa shape index (κ2) is 7.00. The summed E-state index contributed by atoms with van der Waals surface area (Å²) in [6.45, 7) is 2.12. The summed E-state index contributed by atoms with van der Waals surface area (Å²) in [5.41, 5.74) is 6.13. The van der Waals surface area contributed by atoms with Crippen molar-refractivity contribution in [3.8, 4) is 0 Å². The van der Waals surface area contributed by atoms with Gasteiger partial charge in [-0.15, -0.1) is 0 Å². The van der Waals surface area contributed by atoms with E-state index in [0.29, 0.717) is 12.0 Å². The molecule has 3 rings (SSSR count). The molecule has 26 heavy (non-hydrogen) atoms. The number of nitrogens with two attached hydrogens (primary N) is 1. The molecule has 2 aromatic rings. The summed E-state index contributed by atoms with van der Waals surface area (Å²) in [5.74, 6) is -0.771. The molecule has 0 spiro atoms. The van der Waals surface area contributed by atoms with Gasteiger partial charge < -0.3 is 11.1 Å². The number of nitrogens with zero attached hydrogens (tertiary/aromatic N) is 1. The summed E-state index contributed by atoms with van der Waals surface area (Å²) >= 11 is 0. The smallest absolute Gasteiger partial charge is 0.325 e. The van der Waals surface area contributed by atoms with Crippen LogP contribution in [0.5, 0.6) is 0 Å². The molecule has 1 heterocycles. The standard InChI is InChI=1S/C20H21N3O3/c1-2-12-20(16-6-4-3-5-7-16)18(25)23(19(26)22-20)13-14-8-10-15(11-9-14)17(21)24/h3-11H,2,12-13H2,1H3,(H2,21,24)(H,22,26)/t20-/m0/s1. The zero-order chi connectivity index (χ0) is 18.7. The van der Waals surface area contributed by atoms with Crippen LogP contribution in [0, 0.1) is 0 Å². The van der Waals surface area contributed by atoms with Gasteiger partial charge in [-0.1, -0.05) is 55.8 Å². The highest BCUT2D eigenvalue weighted by Gasteiger charge is 2.51. The maximum Gasteiger partial charge on any atom is 0.325 e. The average molecular weight is 351 g/mol. The Morgan fingerprint density at radius 1 is 1.08 bits per heavy atom. The average Bonchev–Trinajstić information content (AvgIpc) is 2.88. The Morgan fingerprint density at radius 3 is 2.31 bits per heavy atom. The third kappa shape index (κ3) is 3.06. The molecule has 0 unspecified atom stereocenters. The van der Waals surface area contributed by atoms with E-state index in [9.17, 15) is 14.4 Å². The van der Waals surface area contributed by atoms with Gasteiger partial charge in [0.2, 0.25) is 5.91 Å². The van der Waals surface area contributed by atoms with Crippen molar-refractivity contribution in [1.82, 2.24) is 10.2 Å². The number of hydrogen-bond donors (Lipinski definition) is 2. The molecule has 0 aliphatic carbocycles. The molecular formula is C20H21N3O3. The van der Waals surface area contributed by atoms with Gasteiger partial charge in [-0.25, -0.2) is 4.79 Å². The van der Waals surface area contributed by atoms with Crippen molar-refractivity contribution in [3.63, 3.8) is 0 Å². The fourth-order valence-corrected chi connectivity index (χ4v) is 3.33. The first kappa shape index (κ1) is 17.7. The van der Waals surface area contributed by atoms with Crippen LogP contribution in [-0.2, 0) is 16.9 Å². The topological polar surface area (TPSA) is 92.5 Å². The number of primary amides is 1. The lowest BCUT2D eigenvalue weighted by atomic mass is 9.85. The number of rotatable bonds is 6. The zero-order valence-corrected chi connectivity index (χ0v) is 14.6. The van der Waals surface area contributed by atoms with Gasteiger partial charge in [0, 0.05) is 5.56 Å². The number of benzene rings is 2. The van der Waals surface area contributed by atoms with Gasteiger partial charge in [-0.3, -0.25) is 14.5 Å². The van der Waals surface area contributed by atoms with Crippen molar-refractivity contribution < 1.29 is 14.4 Å². The largest absolute Gasteiger partial charge is 0.366 e. The molecular weight excluding hydrogens is 330 g/mol. The molecule has 2 aromatic carbocycles. The normalized spacial score (nSPS) is 19.5. The second-order valence-corrected chi connectivity index (χ2v) is 6.40. The van der Waals surface area contributed by atoms with Crippen LogP contribution in [0.3, 0.4) is 0 Å². The lowest BCUT2D eigenvalue weighted by molar-refractivity contribution is -0.132. The molecule has 1 aliphatic heterocycles. The van der Waals surface area contributed by atoms with E-state index in [2.05, 4.69) is 5.32 Å². The SMILES string of the molecule is CCC[C@@]1(c2ccccc2)NC(=O)N(Cc2ccc(C(N)=O)cc2)C1=O. The summed E-state index contributed by atoms with van der Waals surface area (Å²) in [7, 11) is 0. The fraction of sp³-hybridized carbons (Fsp3) is 0.250. The predicted octanol–water partition coefficient (Wildman–Crippen LogP) is 2.53. The predicted molar refractivity (Wildman–Crippen MR) is 97.1 cm³/mol. The van der Waals surface area contributed by atoms with Crippen LogP contribution in [0.15, 0.2) is 54.6 Å². The molecule has 6 nitrogen and oxygen atoms in total. The van der Waals surface area contributed by atoms with Gasteiger partial charge in [-0.05, 0) is 29.7 Å². The minimum absolute atomic E-state index is 0.141. The quantitative estimate of drug-likeness (QED) is 0.783. The highest BCUT2D eigenvalue weighted by molar-refractivity contribution is 6.07.